The summed E-state index contributed by atoms with van der Waals surface area (Å²) in [7, 11) is 4.87. The fourth-order valence-electron chi connectivity index (χ4n) is 2.50. The molecule has 0 saturated carbocycles. The van der Waals surface area contributed by atoms with Crippen molar-refractivity contribution < 1.29 is 19.1 Å². The standard InChI is InChI=1S/C15H20N2O4/c1-17(15(19)11-7-13(18)16-8-11)9-10-5-4-6-12(20-2)14(10)21-3/h4-6,11H,7-9H2,1-3H3,(H,16,18). The summed E-state index contributed by atoms with van der Waals surface area (Å²) in [6.07, 6.45) is 0.262. The number of rotatable bonds is 5. The Balaban J connectivity index is 2.10. The minimum atomic E-state index is -0.279. The van der Waals surface area contributed by atoms with Crippen LogP contribution >= 0.6 is 0 Å². The van der Waals surface area contributed by atoms with Crippen molar-refractivity contribution in [2.75, 3.05) is 27.8 Å². The van der Waals surface area contributed by atoms with E-state index < -0.39 is 0 Å². The predicted molar refractivity (Wildman–Crippen MR) is 77.1 cm³/mol. The summed E-state index contributed by atoms with van der Waals surface area (Å²) in [6.45, 7) is 0.821. The van der Waals surface area contributed by atoms with Crippen LogP contribution in [0.5, 0.6) is 11.5 Å². The van der Waals surface area contributed by atoms with E-state index in [0.29, 0.717) is 24.6 Å². The zero-order valence-electron chi connectivity index (χ0n) is 12.5. The van der Waals surface area contributed by atoms with Gasteiger partial charge in [0.05, 0.1) is 20.1 Å². The molecule has 6 nitrogen and oxygen atoms in total. The Morgan fingerprint density at radius 1 is 1.38 bits per heavy atom. The van der Waals surface area contributed by atoms with E-state index in [1.54, 1.807) is 26.2 Å². The summed E-state index contributed by atoms with van der Waals surface area (Å²) in [6, 6.07) is 5.56. The molecule has 1 atom stereocenters. The monoisotopic (exact) mass is 292 g/mol. The molecule has 1 saturated heterocycles. The second-order valence-corrected chi connectivity index (χ2v) is 5.05. The molecule has 1 fully saturated rings. The van der Waals surface area contributed by atoms with Crippen LogP contribution in [0.25, 0.3) is 0 Å². The predicted octanol–water partition coefficient (Wildman–Crippen LogP) is 0.798. The van der Waals surface area contributed by atoms with Crippen molar-refractivity contribution in [3.63, 3.8) is 0 Å². The molecule has 0 bridgehead atoms. The van der Waals surface area contributed by atoms with Gasteiger partial charge in [0.25, 0.3) is 0 Å². The lowest BCUT2D eigenvalue weighted by atomic mass is 10.1. The summed E-state index contributed by atoms with van der Waals surface area (Å²) < 4.78 is 10.6. The Labute approximate surface area is 124 Å². The first-order valence-corrected chi connectivity index (χ1v) is 6.78. The number of hydrogen-bond acceptors (Lipinski definition) is 4. The van der Waals surface area contributed by atoms with Gasteiger partial charge in [0.15, 0.2) is 11.5 Å². The Kier molecular flexibility index (Phi) is 4.67. The third kappa shape index (κ3) is 3.26. The molecule has 6 heteroatoms. The number of hydrogen-bond donors (Lipinski definition) is 1. The second-order valence-electron chi connectivity index (χ2n) is 5.05. The van der Waals surface area contributed by atoms with Gasteiger partial charge in [-0.2, -0.15) is 0 Å². The van der Waals surface area contributed by atoms with Crippen LogP contribution in [0, 0.1) is 5.92 Å². The summed E-state index contributed by atoms with van der Waals surface area (Å²) in [5.74, 6) is 0.867. The maximum atomic E-state index is 12.3. The van der Waals surface area contributed by atoms with Crippen LogP contribution in [0.15, 0.2) is 18.2 Å². The molecule has 2 amide bonds. The van der Waals surface area contributed by atoms with Crippen LogP contribution in [0.3, 0.4) is 0 Å². The van der Waals surface area contributed by atoms with Gasteiger partial charge in [-0.05, 0) is 6.07 Å². The van der Waals surface area contributed by atoms with Gasteiger partial charge in [-0.3, -0.25) is 9.59 Å². The van der Waals surface area contributed by atoms with Crippen molar-refractivity contribution >= 4 is 11.8 Å². The van der Waals surface area contributed by atoms with Gasteiger partial charge in [-0.25, -0.2) is 0 Å². The van der Waals surface area contributed by atoms with E-state index in [-0.39, 0.29) is 24.2 Å². The molecule has 0 aromatic heterocycles. The normalized spacial score (nSPS) is 17.3. The minimum Gasteiger partial charge on any atom is -0.493 e. The van der Waals surface area contributed by atoms with Crippen molar-refractivity contribution in [1.82, 2.24) is 10.2 Å². The molecule has 114 valence electrons. The Morgan fingerprint density at radius 2 is 2.14 bits per heavy atom. The average molecular weight is 292 g/mol. The van der Waals surface area contributed by atoms with Gasteiger partial charge in [0, 0.05) is 32.1 Å². The summed E-state index contributed by atoms with van der Waals surface area (Å²) in [5, 5.41) is 2.68. The summed E-state index contributed by atoms with van der Waals surface area (Å²) in [5.41, 5.74) is 0.866. The molecule has 0 spiro atoms. The number of benzene rings is 1. The van der Waals surface area contributed by atoms with E-state index in [1.165, 1.54) is 0 Å². The molecule has 1 heterocycles. The van der Waals surface area contributed by atoms with Crippen molar-refractivity contribution in [2.45, 2.75) is 13.0 Å². The van der Waals surface area contributed by atoms with Crippen LogP contribution in [0.2, 0.25) is 0 Å². The highest BCUT2D eigenvalue weighted by atomic mass is 16.5. The van der Waals surface area contributed by atoms with Crippen LogP contribution < -0.4 is 14.8 Å². The molecule has 1 N–H and O–H groups in total. The van der Waals surface area contributed by atoms with Gasteiger partial charge in [-0.1, -0.05) is 12.1 Å². The first kappa shape index (κ1) is 15.2. The van der Waals surface area contributed by atoms with Gasteiger partial charge in [0.2, 0.25) is 11.8 Å². The number of amides is 2. The Hall–Kier alpha value is -2.24. The van der Waals surface area contributed by atoms with E-state index >= 15 is 0 Å². The fraction of sp³-hybridized carbons (Fsp3) is 0.467. The topological polar surface area (TPSA) is 67.9 Å². The van der Waals surface area contributed by atoms with Crippen LogP contribution in [-0.4, -0.2) is 44.5 Å². The smallest absolute Gasteiger partial charge is 0.228 e. The van der Waals surface area contributed by atoms with E-state index in [2.05, 4.69) is 5.32 Å². The zero-order valence-corrected chi connectivity index (χ0v) is 12.5. The lowest BCUT2D eigenvalue weighted by Crippen LogP contribution is -2.33. The van der Waals surface area contributed by atoms with Gasteiger partial charge >= 0.3 is 0 Å². The first-order valence-electron chi connectivity index (χ1n) is 6.78. The molecule has 0 aliphatic carbocycles. The number of nitrogens with one attached hydrogen (secondary N) is 1. The Bertz CT molecular complexity index is 544. The number of carbonyl (C=O) groups is 2. The van der Waals surface area contributed by atoms with Crippen molar-refractivity contribution in [1.29, 1.82) is 0 Å². The highest BCUT2D eigenvalue weighted by molar-refractivity contribution is 5.89. The largest absolute Gasteiger partial charge is 0.493 e. The summed E-state index contributed by atoms with van der Waals surface area (Å²) in [4.78, 5) is 25.1. The molecule has 1 aliphatic rings. The number of ether oxygens (including phenoxy) is 2. The zero-order chi connectivity index (χ0) is 15.4. The highest BCUT2D eigenvalue weighted by Gasteiger charge is 2.30. The molecule has 1 aromatic carbocycles. The maximum Gasteiger partial charge on any atom is 0.228 e. The average Bonchev–Trinajstić information content (AvgIpc) is 2.92. The van der Waals surface area contributed by atoms with E-state index in [4.69, 9.17) is 9.47 Å². The second kappa shape index (κ2) is 6.47. The first-order chi connectivity index (χ1) is 10.1. The Morgan fingerprint density at radius 3 is 2.71 bits per heavy atom. The van der Waals surface area contributed by atoms with Crippen LogP contribution in [0.1, 0.15) is 12.0 Å². The lowest BCUT2D eigenvalue weighted by Gasteiger charge is -2.22. The van der Waals surface area contributed by atoms with Gasteiger partial charge in [0.1, 0.15) is 0 Å². The highest BCUT2D eigenvalue weighted by Crippen LogP contribution is 2.31. The number of carbonyl (C=O) groups excluding carboxylic acids is 2. The number of nitrogens with zero attached hydrogens (tertiary/aromatic N) is 1. The third-order valence-electron chi connectivity index (χ3n) is 3.59. The van der Waals surface area contributed by atoms with E-state index in [0.717, 1.165) is 5.56 Å². The summed E-state index contributed by atoms with van der Waals surface area (Å²) >= 11 is 0. The third-order valence-corrected chi connectivity index (χ3v) is 3.59. The van der Waals surface area contributed by atoms with Crippen molar-refractivity contribution in [2.24, 2.45) is 5.92 Å². The minimum absolute atomic E-state index is 0.0433. The number of para-hydroxylation sites is 1. The molecular weight excluding hydrogens is 272 g/mol. The molecule has 0 radical (unpaired) electrons. The van der Waals surface area contributed by atoms with E-state index in [1.807, 2.05) is 18.2 Å². The molecule has 1 unspecified atom stereocenters. The lowest BCUT2D eigenvalue weighted by molar-refractivity contribution is -0.135. The van der Waals surface area contributed by atoms with Crippen LogP contribution in [-0.2, 0) is 16.1 Å². The van der Waals surface area contributed by atoms with Gasteiger partial charge < -0.3 is 19.7 Å². The molecule has 21 heavy (non-hydrogen) atoms. The van der Waals surface area contributed by atoms with E-state index in [9.17, 15) is 9.59 Å². The number of methoxy groups -OCH3 is 2. The molecule has 2 rings (SSSR count). The van der Waals surface area contributed by atoms with Crippen molar-refractivity contribution in [3.05, 3.63) is 23.8 Å². The van der Waals surface area contributed by atoms with Crippen LogP contribution in [0.4, 0.5) is 0 Å². The molecular formula is C15H20N2O4. The fourth-order valence-corrected chi connectivity index (χ4v) is 2.50. The molecule has 1 aliphatic heterocycles. The maximum absolute atomic E-state index is 12.3. The van der Waals surface area contributed by atoms with Crippen molar-refractivity contribution in [3.8, 4) is 11.5 Å². The molecule has 1 aromatic rings. The van der Waals surface area contributed by atoms with Gasteiger partial charge in [-0.15, -0.1) is 0 Å². The SMILES string of the molecule is COc1cccc(CN(C)C(=O)C2CNC(=O)C2)c1OC. The quantitative estimate of drug-likeness (QED) is 0.871.